The number of aromatic nitrogens is 2. The summed E-state index contributed by atoms with van der Waals surface area (Å²) in [6, 6.07) is 17.6. The van der Waals surface area contributed by atoms with Crippen LogP contribution in [0.3, 0.4) is 0 Å². The Morgan fingerprint density at radius 3 is 2.00 bits per heavy atom. The van der Waals surface area contributed by atoms with Gasteiger partial charge >= 0.3 is 0 Å². The van der Waals surface area contributed by atoms with Gasteiger partial charge in [-0.15, -0.1) is 0 Å². The average Bonchev–Trinajstić information content (AvgIpc) is 3.17. The molecule has 0 atom stereocenters. The van der Waals surface area contributed by atoms with Crippen molar-refractivity contribution in [2.75, 3.05) is 0 Å². The number of nitrogens with zero attached hydrogens (tertiary/aromatic N) is 3. The molecule has 0 saturated heterocycles. The molecule has 1 heterocycles. The average molecular weight is 389 g/mol. The molecule has 0 radical (unpaired) electrons. The minimum absolute atomic E-state index is 0.430. The third-order valence-corrected chi connectivity index (χ3v) is 5.34. The third kappa shape index (κ3) is 5.03. The Bertz CT molecular complexity index is 936. The second-order valence-corrected chi connectivity index (χ2v) is 8.65. The first-order valence-corrected chi connectivity index (χ1v) is 10.7. The van der Waals surface area contributed by atoms with Crippen LogP contribution in [0.4, 0.5) is 5.69 Å². The quantitative estimate of drug-likeness (QED) is 0.329. The Balaban J connectivity index is 2.13. The zero-order valence-corrected chi connectivity index (χ0v) is 18.6. The monoisotopic (exact) mass is 388 g/mol. The number of hydrogen-bond donors (Lipinski definition) is 0. The van der Waals surface area contributed by atoms with Crippen molar-refractivity contribution in [2.24, 2.45) is 4.99 Å². The van der Waals surface area contributed by atoms with Crippen molar-refractivity contribution >= 4 is 11.4 Å². The lowest BCUT2D eigenvalue weighted by Gasteiger charge is -2.17. The van der Waals surface area contributed by atoms with E-state index >= 15 is 0 Å². The van der Waals surface area contributed by atoms with Crippen LogP contribution < -0.4 is 4.57 Å². The summed E-state index contributed by atoms with van der Waals surface area (Å²) >= 11 is 0. The van der Waals surface area contributed by atoms with E-state index in [-0.39, 0.29) is 0 Å². The fourth-order valence-electron chi connectivity index (χ4n) is 3.58. The first-order chi connectivity index (χ1) is 13.9. The Morgan fingerprint density at radius 1 is 0.862 bits per heavy atom. The van der Waals surface area contributed by atoms with Crippen molar-refractivity contribution < 1.29 is 4.57 Å². The Kier molecular flexibility index (Phi) is 6.68. The lowest BCUT2D eigenvalue weighted by molar-refractivity contribution is -0.681. The van der Waals surface area contributed by atoms with E-state index in [0.717, 1.165) is 17.9 Å². The topological polar surface area (TPSA) is 21.2 Å². The van der Waals surface area contributed by atoms with Crippen LogP contribution in [0.1, 0.15) is 76.1 Å². The second-order valence-electron chi connectivity index (χ2n) is 8.65. The molecule has 1 aromatic heterocycles. The smallest absolute Gasteiger partial charge is 0.244 e. The summed E-state index contributed by atoms with van der Waals surface area (Å²) in [5.41, 5.74) is 6.03. The number of benzene rings is 2. The molecule has 0 aliphatic carbocycles. The zero-order chi connectivity index (χ0) is 21.0. The molecule has 2 aromatic carbocycles. The summed E-state index contributed by atoms with van der Waals surface area (Å²) in [6.45, 7) is 14.1. The Hall–Kier alpha value is -2.68. The SMILES string of the molecule is CC(C)c1cccc(C(C)C)c1N=C(C[n+]1ccn(C(C)C)c1)c1ccccc1. The van der Waals surface area contributed by atoms with Gasteiger partial charge in [-0.3, -0.25) is 0 Å². The first kappa shape index (κ1) is 21.0. The van der Waals surface area contributed by atoms with Gasteiger partial charge in [-0.1, -0.05) is 76.2 Å². The van der Waals surface area contributed by atoms with Gasteiger partial charge in [0.15, 0.2) is 0 Å². The molecular formula is C26H34N3+. The first-order valence-electron chi connectivity index (χ1n) is 10.7. The van der Waals surface area contributed by atoms with Gasteiger partial charge in [0.25, 0.3) is 0 Å². The summed E-state index contributed by atoms with van der Waals surface area (Å²) in [4.78, 5) is 5.31. The van der Waals surface area contributed by atoms with Crippen LogP contribution in [0, 0.1) is 0 Å². The molecular weight excluding hydrogens is 354 g/mol. The van der Waals surface area contributed by atoms with Gasteiger partial charge in [0.05, 0.1) is 17.4 Å². The lowest BCUT2D eigenvalue weighted by Crippen LogP contribution is -2.36. The van der Waals surface area contributed by atoms with E-state index in [1.54, 1.807) is 0 Å². The number of hydrogen-bond acceptors (Lipinski definition) is 1. The minimum atomic E-state index is 0.430. The maximum absolute atomic E-state index is 5.31. The van der Waals surface area contributed by atoms with Gasteiger partial charge < -0.3 is 0 Å². The summed E-state index contributed by atoms with van der Waals surface area (Å²) in [7, 11) is 0. The lowest BCUT2D eigenvalue weighted by atomic mass is 9.92. The zero-order valence-electron chi connectivity index (χ0n) is 18.6. The molecule has 0 amide bonds. The van der Waals surface area contributed by atoms with Crippen LogP contribution in [0.2, 0.25) is 0 Å². The molecule has 0 bridgehead atoms. The molecule has 0 aliphatic heterocycles. The fraction of sp³-hybridized carbons (Fsp3) is 0.385. The van der Waals surface area contributed by atoms with E-state index in [1.807, 2.05) is 0 Å². The maximum atomic E-state index is 5.31. The Labute approximate surface area is 175 Å². The highest BCUT2D eigenvalue weighted by molar-refractivity contribution is 6.01. The minimum Gasteiger partial charge on any atom is -0.248 e. The van der Waals surface area contributed by atoms with Crippen molar-refractivity contribution in [3.05, 3.63) is 83.9 Å². The molecule has 3 heteroatoms. The molecule has 3 rings (SSSR count). The molecule has 152 valence electrons. The highest BCUT2D eigenvalue weighted by Crippen LogP contribution is 2.35. The summed E-state index contributed by atoms with van der Waals surface area (Å²) < 4.78 is 4.45. The third-order valence-electron chi connectivity index (χ3n) is 5.34. The van der Waals surface area contributed by atoms with E-state index in [1.165, 1.54) is 16.7 Å². The number of imidazole rings is 1. The van der Waals surface area contributed by atoms with Crippen LogP contribution in [-0.4, -0.2) is 10.3 Å². The summed E-state index contributed by atoms with van der Waals surface area (Å²) in [6.07, 6.45) is 6.44. The fourth-order valence-corrected chi connectivity index (χ4v) is 3.58. The van der Waals surface area contributed by atoms with Gasteiger partial charge in [0, 0.05) is 5.56 Å². The van der Waals surface area contributed by atoms with Gasteiger partial charge in [0.2, 0.25) is 6.33 Å². The van der Waals surface area contributed by atoms with Crippen LogP contribution in [0.15, 0.2) is 72.2 Å². The van der Waals surface area contributed by atoms with Gasteiger partial charge in [-0.25, -0.2) is 14.1 Å². The summed E-state index contributed by atoms with van der Waals surface area (Å²) in [5.74, 6) is 0.860. The molecule has 0 N–H and O–H groups in total. The Morgan fingerprint density at radius 2 is 1.48 bits per heavy atom. The standard InChI is InChI=1S/C26H34N3/c1-19(2)23-13-10-14-24(20(3)4)26(23)27-25(22-11-8-7-9-12-22)17-28-15-16-29(18-28)21(5)6/h7-16,18-21H,17H2,1-6H3/q+1. The second kappa shape index (κ2) is 9.21. The van der Waals surface area contributed by atoms with Gasteiger partial charge in [-0.05, 0) is 36.8 Å². The predicted octanol–water partition coefficient (Wildman–Crippen LogP) is 6.42. The molecule has 29 heavy (non-hydrogen) atoms. The number of rotatable bonds is 7. The molecule has 0 spiro atoms. The van der Waals surface area contributed by atoms with E-state index in [0.29, 0.717) is 17.9 Å². The number of para-hydroxylation sites is 1. The van der Waals surface area contributed by atoms with E-state index in [2.05, 4.69) is 118 Å². The van der Waals surface area contributed by atoms with Crippen LogP contribution in [0.25, 0.3) is 0 Å². The van der Waals surface area contributed by atoms with E-state index in [9.17, 15) is 0 Å². The van der Waals surface area contributed by atoms with E-state index in [4.69, 9.17) is 4.99 Å². The molecule has 0 saturated carbocycles. The molecule has 0 aliphatic rings. The normalized spacial score (nSPS) is 12.4. The number of aliphatic imine (C=N–C) groups is 1. The van der Waals surface area contributed by atoms with Crippen molar-refractivity contribution in [1.29, 1.82) is 0 Å². The van der Waals surface area contributed by atoms with Crippen molar-refractivity contribution in [1.82, 2.24) is 4.57 Å². The highest BCUT2D eigenvalue weighted by atomic mass is 15.1. The highest BCUT2D eigenvalue weighted by Gasteiger charge is 2.17. The van der Waals surface area contributed by atoms with Crippen molar-refractivity contribution in [3.63, 3.8) is 0 Å². The largest absolute Gasteiger partial charge is 0.248 e. The molecule has 0 fully saturated rings. The van der Waals surface area contributed by atoms with E-state index < -0.39 is 0 Å². The molecule has 3 nitrogen and oxygen atoms in total. The molecule has 0 unspecified atom stereocenters. The van der Waals surface area contributed by atoms with Crippen LogP contribution in [-0.2, 0) is 6.54 Å². The predicted molar refractivity (Wildman–Crippen MR) is 122 cm³/mol. The van der Waals surface area contributed by atoms with Crippen molar-refractivity contribution in [2.45, 2.75) is 66.0 Å². The molecule has 3 aromatic rings. The summed E-state index contributed by atoms with van der Waals surface area (Å²) in [5, 5.41) is 0. The van der Waals surface area contributed by atoms with Crippen LogP contribution >= 0.6 is 0 Å². The maximum Gasteiger partial charge on any atom is 0.244 e. The van der Waals surface area contributed by atoms with Gasteiger partial charge in [0.1, 0.15) is 18.9 Å². The van der Waals surface area contributed by atoms with Crippen molar-refractivity contribution in [3.8, 4) is 0 Å². The van der Waals surface area contributed by atoms with Gasteiger partial charge in [-0.2, -0.15) is 0 Å². The van der Waals surface area contributed by atoms with Crippen LogP contribution in [0.5, 0.6) is 0 Å².